The molecule has 0 bridgehead atoms. The van der Waals surface area contributed by atoms with Gasteiger partial charge in [0.1, 0.15) is 10.7 Å². The summed E-state index contributed by atoms with van der Waals surface area (Å²) in [6.45, 7) is 5.73. The standard InChI is InChI=1S/C18H17ClN2O2S/c1-11-7-12(2)9-16(8-11)20-18-13(3)17(24(22,23)21-18)14-5-4-6-15(19)10-14/h4-10H,1-3H3,(H,20,21). The van der Waals surface area contributed by atoms with Gasteiger partial charge in [-0.1, -0.05) is 29.8 Å². The van der Waals surface area contributed by atoms with Gasteiger partial charge in [0, 0.05) is 16.3 Å². The van der Waals surface area contributed by atoms with Crippen molar-refractivity contribution < 1.29 is 8.42 Å². The highest BCUT2D eigenvalue weighted by Gasteiger charge is 2.31. The number of halogens is 1. The summed E-state index contributed by atoms with van der Waals surface area (Å²) in [4.78, 5) is 0.192. The van der Waals surface area contributed by atoms with Crippen LogP contribution >= 0.6 is 11.6 Å². The van der Waals surface area contributed by atoms with Crippen LogP contribution in [0.4, 0.5) is 5.69 Å². The molecule has 0 radical (unpaired) electrons. The fourth-order valence-corrected chi connectivity index (χ4v) is 4.44. The third kappa shape index (κ3) is 3.23. The van der Waals surface area contributed by atoms with E-state index >= 15 is 0 Å². The Hall–Kier alpha value is -2.11. The van der Waals surface area contributed by atoms with Crippen molar-refractivity contribution in [3.63, 3.8) is 0 Å². The van der Waals surface area contributed by atoms with Gasteiger partial charge in [-0.15, -0.1) is 4.40 Å². The Morgan fingerprint density at radius 3 is 2.29 bits per heavy atom. The Morgan fingerprint density at radius 2 is 1.67 bits per heavy atom. The molecule has 0 unspecified atom stereocenters. The average Bonchev–Trinajstić information content (AvgIpc) is 2.67. The van der Waals surface area contributed by atoms with Crippen molar-refractivity contribution in [2.75, 3.05) is 5.32 Å². The first-order valence-corrected chi connectivity index (χ1v) is 9.25. The predicted octanol–water partition coefficient (Wildman–Crippen LogP) is 4.54. The van der Waals surface area contributed by atoms with Crippen molar-refractivity contribution >= 4 is 38.1 Å². The van der Waals surface area contributed by atoms with E-state index in [1.165, 1.54) is 0 Å². The highest BCUT2D eigenvalue weighted by Crippen LogP contribution is 2.34. The molecule has 0 spiro atoms. The minimum Gasteiger partial charge on any atom is -0.339 e. The summed E-state index contributed by atoms with van der Waals surface area (Å²) < 4.78 is 28.9. The van der Waals surface area contributed by atoms with Crippen LogP contribution in [0.3, 0.4) is 0 Å². The van der Waals surface area contributed by atoms with Crippen molar-refractivity contribution in [2.24, 2.45) is 4.40 Å². The van der Waals surface area contributed by atoms with Gasteiger partial charge in [0.2, 0.25) is 0 Å². The molecule has 24 heavy (non-hydrogen) atoms. The second kappa shape index (κ2) is 6.07. The lowest BCUT2D eigenvalue weighted by Gasteiger charge is -2.09. The summed E-state index contributed by atoms with van der Waals surface area (Å²) in [7, 11) is -3.75. The number of nitrogens with one attached hydrogen (secondary N) is 1. The number of hydrogen-bond acceptors (Lipinski definition) is 3. The molecule has 4 nitrogen and oxygen atoms in total. The molecule has 6 heteroatoms. The Labute approximate surface area is 146 Å². The van der Waals surface area contributed by atoms with Gasteiger partial charge in [-0.3, -0.25) is 0 Å². The number of nitrogens with zero attached hydrogens (tertiary/aromatic N) is 1. The maximum Gasteiger partial charge on any atom is 0.285 e. The van der Waals surface area contributed by atoms with Gasteiger partial charge in [-0.05, 0) is 61.7 Å². The molecular formula is C18H17ClN2O2S. The number of hydrogen-bond donors (Lipinski definition) is 1. The quantitative estimate of drug-likeness (QED) is 0.855. The number of amidine groups is 1. The molecule has 1 aliphatic heterocycles. The number of sulfonamides is 1. The van der Waals surface area contributed by atoms with E-state index in [4.69, 9.17) is 11.6 Å². The van der Waals surface area contributed by atoms with Gasteiger partial charge in [0.05, 0.1) is 0 Å². The van der Waals surface area contributed by atoms with Crippen LogP contribution < -0.4 is 5.32 Å². The van der Waals surface area contributed by atoms with Gasteiger partial charge in [-0.25, -0.2) is 0 Å². The molecule has 124 valence electrons. The average molecular weight is 361 g/mol. The van der Waals surface area contributed by atoms with Crippen LogP contribution in [0.2, 0.25) is 5.02 Å². The summed E-state index contributed by atoms with van der Waals surface area (Å²) in [5.41, 5.74) is 4.12. The zero-order valence-electron chi connectivity index (χ0n) is 13.6. The zero-order chi connectivity index (χ0) is 17.5. The van der Waals surface area contributed by atoms with Crippen LogP contribution in [0.5, 0.6) is 0 Å². The Bertz CT molecular complexity index is 972. The van der Waals surface area contributed by atoms with E-state index < -0.39 is 10.0 Å². The molecule has 3 rings (SSSR count). The highest BCUT2D eigenvalue weighted by molar-refractivity contribution is 8.00. The lowest BCUT2D eigenvalue weighted by molar-refractivity contribution is 0.608. The smallest absolute Gasteiger partial charge is 0.285 e. The predicted molar refractivity (Wildman–Crippen MR) is 99.9 cm³/mol. The molecular weight excluding hydrogens is 344 g/mol. The maximum atomic E-state index is 12.5. The maximum absolute atomic E-state index is 12.5. The summed E-state index contributed by atoms with van der Waals surface area (Å²) in [6, 6.07) is 12.7. The lowest BCUT2D eigenvalue weighted by Crippen LogP contribution is -2.11. The van der Waals surface area contributed by atoms with Crippen LogP contribution in [-0.4, -0.2) is 14.3 Å². The number of anilines is 1. The summed E-state index contributed by atoms with van der Waals surface area (Å²) in [6.07, 6.45) is 0. The van der Waals surface area contributed by atoms with Crippen LogP contribution in [0.25, 0.3) is 4.91 Å². The normalized spacial score (nSPS) is 16.2. The second-order valence-electron chi connectivity index (χ2n) is 5.88. The first kappa shape index (κ1) is 16.7. The first-order valence-electron chi connectivity index (χ1n) is 7.44. The van der Waals surface area contributed by atoms with Gasteiger partial charge >= 0.3 is 0 Å². The van der Waals surface area contributed by atoms with Crippen molar-refractivity contribution in [3.8, 4) is 0 Å². The van der Waals surface area contributed by atoms with Crippen LogP contribution in [0.15, 0.2) is 52.4 Å². The minimum absolute atomic E-state index is 0.192. The second-order valence-corrected chi connectivity index (χ2v) is 7.86. The summed E-state index contributed by atoms with van der Waals surface area (Å²) in [5, 5.41) is 3.61. The molecule has 0 saturated heterocycles. The molecule has 0 amide bonds. The number of rotatable bonds is 2. The van der Waals surface area contributed by atoms with E-state index in [0.717, 1.165) is 16.8 Å². The highest BCUT2D eigenvalue weighted by atomic mass is 35.5. The number of aryl methyl sites for hydroxylation is 2. The molecule has 0 aliphatic carbocycles. The van der Waals surface area contributed by atoms with Crippen molar-refractivity contribution in [2.45, 2.75) is 20.8 Å². The van der Waals surface area contributed by atoms with Gasteiger partial charge in [0.15, 0.2) is 0 Å². The fourth-order valence-electron chi connectivity index (χ4n) is 2.83. The fraction of sp³-hybridized carbons (Fsp3) is 0.167. The molecule has 2 aromatic rings. The van der Waals surface area contributed by atoms with Crippen LogP contribution in [0.1, 0.15) is 23.6 Å². The monoisotopic (exact) mass is 360 g/mol. The summed E-state index contributed by atoms with van der Waals surface area (Å²) in [5.74, 6) is 0.343. The molecule has 0 aromatic heterocycles. The largest absolute Gasteiger partial charge is 0.339 e. The molecule has 1 aliphatic rings. The van der Waals surface area contributed by atoms with E-state index in [-0.39, 0.29) is 4.91 Å². The van der Waals surface area contributed by atoms with E-state index in [2.05, 4.69) is 15.8 Å². The van der Waals surface area contributed by atoms with Crippen molar-refractivity contribution in [1.29, 1.82) is 0 Å². The minimum atomic E-state index is -3.75. The van der Waals surface area contributed by atoms with Crippen molar-refractivity contribution in [3.05, 3.63) is 69.8 Å². The first-order chi connectivity index (χ1) is 11.3. The number of benzene rings is 2. The van der Waals surface area contributed by atoms with Crippen LogP contribution in [0, 0.1) is 13.8 Å². The van der Waals surface area contributed by atoms with E-state index in [0.29, 0.717) is 22.0 Å². The van der Waals surface area contributed by atoms with Crippen molar-refractivity contribution in [1.82, 2.24) is 0 Å². The molecule has 0 fully saturated rings. The SMILES string of the molecule is CC1=C(c2cccc(Cl)c2)S(=O)(=O)N=C1Nc1cc(C)cc(C)c1. The van der Waals surface area contributed by atoms with E-state index in [1.807, 2.05) is 26.0 Å². The summed E-state index contributed by atoms with van der Waals surface area (Å²) >= 11 is 5.99. The van der Waals surface area contributed by atoms with Gasteiger partial charge in [0.25, 0.3) is 10.0 Å². The van der Waals surface area contributed by atoms with Gasteiger partial charge in [-0.2, -0.15) is 8.42 Å². The molecule has 2 aromatic carbocycles. The zero-order valence-corrected chi connectivity index (χ0v) is 15.2. The van der Waals surface area contributed by atoms with E-state index in [9.17, 15) is 8.42 Å². The molecule has 1 N–H and O–H groups in total. The Morgan fingerprint density at radius 1 is 1.00 bits per heavy atom. The third-order valence-electron chi connectivity index (χ3n) is 3.74. The third-order valence-corrected chi connectivity index (χ3v) is 5.45. The molecule has 0 atom stereocenters. The Kier molecular flexibility index (Phi) is 4.24. The topological polar surface area (TPSA) is 58.5 Å². The molecule has 0 saturated carbocycles. The lowest BCUT2D eigenvalue weighted by atomic mass is 10.1. The van der Waals surface area contributed by atoms with E-state index in [1.54, 1.807) is 31.2 Å². The van der Waals surface area contributed by atoms with Crippen LogP contribution in [-0.2, 0) is 10.0 Å². The molecule has 1 heterocycles. The Balaban J connectivity index is 2.04. The van der Waals surface area contributed by atoms with Gasteiger partial charge < -0.3 is 5.32 Å².